The second-order valence-corrected chi connectivity index (χ2v) is 9.68. The summed E-state index contributed by atoms with van der Waals surface area (Å²) < 4.78 is 5.85. The number of aliphatic hydroxyl groups is 1. The van der Waals surface area contributed by atoms with Crippen LogP contribution in [0.1, 0.15) is 29.6 Å². The number of likely N-dealkylation sites (tertiary alicyclic amines) is 1. The van der Waals surface area contributed by atoms with Crippen molar-refractivity contribution in [3.05, 3.63) is 60.4 Å². The number of nitrogens with zero attached hydrogens (tertiary/aromatic N) is 5. The van der Waals surface area contributed by atoms with E-state index in [2.05, 4.69) is 19.8 Å². The molecule has 3 aromatic rings. The lowest BCUT2D eigenvalue weighted by Gasteiger charge is -2.29. The monoisotopic (exact) mass is 475 g/mol. The molecule has 2 aliphatic rings. The van der Waals surface area contributed by atoms with Gasteiger partial charge in [0.05, 0.1) is 17.7 Å². The molecule has 2 fully saturated rings. The molecule has 4 heterocycles. The van der Waals surface area contributed by atoms with E-state index in [1.54, 1.807) is 36.5 Å². The highest BCUT2D eigenvalue weighted by Gasteiger charge is 2.38. The van der Waals surface area contributed by atoms with Gasteiger partial charge in [0, 0.05) is 44.6 Å². The summed E-state index contributed by atoms with van der Waals surface area (Å²) in [4.78, 5) is 28.0. The topological polar surface area (TPSA) is 82.0 Å². The van der Waals surface area contributed by atoms with Crippen molar-refractivity contribution in [2.45, 2.75) is 24.9 Å². The highest BCUT2D eigenvalue weighted by Crippen LogP contribution is 2.31. The third kappa shape index (κ3) is 5.39. The molecular formula is C27H33N5O3. The van der Waals surface area contributed by atoms with Crippen molar-refractivity contribution in [3.63, 3.8) is 0 Å². The average Bonchev–Trinajstić information content (AvgIpc) is 3.53. The van der Waals surface area contributed by atoms with Crippen LogP contribution < -0.4 is 9.64 Å². The lowest BCUT2D eigenvalue weighted by Crippen LogP contribution is -2.45. The molecule has 5 rings (SSSR count). The van der Waals surface area contributed by atoms with E-state index in [0.717, 1.165) is 42.1 Å². The third-order valence-electron chi connectivity index (χ3n) is 7.00. The summed E-state index contributed by atoms with van der Waals surface area (Å²) in [7, 11) is 1.74. The summed E-state index contributed by atoms with van der Waals surface area (Å²) in [5, 5.41) is 11.3. The normalized spacial score (nSPS) is 20.5. The number of carbonyl (C=O) groups excluding carboxylic acids is 1. The second kappa shape index (κ2) is 10.2. The molecule has 184 valence electrons. The first-order valence-corrected chi connectivity index (χ1v) is 12.4. The van der Waals surface area contributed by atoms with E-state index in [1.807, 2.05) is 30.3 Å². The van der Waals surface area contributed by atoms with Crippen molar-refractivity contribution in [2.75, 3.05) is 57.8 Å². The van der Waals surface area contributed by atoms with Crippen molar-refractivity contribution < 1.29 is 14.6 Å². The van der Waals surface area contributed by atoms with Gasteiger partial charge in [0.25, 0.3) is 5.91 Å². The number of benzene rings is 1. The fourth-order valence-electron chi connectivity index (χ4n) is 5.14. The maximum absolute atomic E-state index is 13.0. The Kier molecular flexibility index (Phi) is 6.83. The number of hydrogen-bond donors (Lipinski definition) is 1. The van der Waals surface area contributed by atoms with Gasteiger partial charge in [-0.15, -0.1) is 0 Å². The molecule has 1 atom stereocenters. The van der Waals surface area contributed by atoms with Crippen molar-refractivity contribution in [2.24, 2.45) is 0 Å². The Bertz CT molecular complexity index is 1160. The van der Waals surface area contributed by atoms with Crippen LogP contribution in [0.5, 0.6) is 5.75 Å². The summed E-state index contributed by atoms with van der Waals surface area (Å²) in [5.74, 6) is 0.656. The van der Waals surface area contributed by atoms with Crippen LogP contribution in [0.2, 0.25) is 0 Å². The molecule has 8 heteroatoms. The fourth-order valence-corrected chi connectivity index (χ4v) is 5.14. The van der Waals surface area contributed by atoms with E-state index >= 15 is 0 Å². The minimum absolute atomic E-state index is 0.114. The van der Waals surface area contributed by atoms with Gasteiger partial charge in [-0.25, -0.2) is 0 Å². The molecule has 0 spiro atoms. The maximum Gasteiger partial charge on any atom is 0.253 e. The van der Waals surface area contributed by atoms with Gasteiger partial charge in [-0.3, -0.25) is 19.7 Å². The number of fused-ring (bicyclic) bond motifs is 1. The van der Waals surface area contributed by atoms with E-state index in [0.29, 0.717) is 31.7 Å². The molecule has 35 heavy (non-hydrogen) atoms. The maximum atomic E-state index is 13.0. The summed E-state index contributed by atoms with van der Waals surface area (Å²) in [6.45, 7) is 5.28. The molecule has 2 aliphatic heterocycles. The number of amides is 1. The number of anilines is 1. The molecule has 8 nitrogen and oxygen atoms in total. The minimum Gasteiger partial charge on any atom is -0.492 e. The number of rotatable bonds is 8. The average molecular weight is 476 g/mol. The number of ether oxygens (including phenoxy) is 1. The molecule has 0 unspecified atom stereocenters. The molecule has 0 aliphatic carbocycles. The van der Waals surface area contributed by atoms with Crippen LogP contribution >= 0.6 is 0 Å². The second-order valence-electron chi connectivity index (χ2n) is 9.68. The van der Waals surface area contributed by atoms with E-state index in [4.69, 9.17) is 4.74 Å². The molecule has 1 amide bonds. The van der Waals surface area contributed by atoms with Crippen molar-refractivity contribution in [1.82, 2.24) is 19.8 Å². The molecule has 1 N–H and O–H groups in total. The zero-order valence-corrected chi connectivity index (χ0v) is 20.3. The quantitative estimate of drug-likeness (QED) is 0.537. The predicted molar refractivity (Wildman–Crippen MR) is 136 cm³/mol. The van der Waals surface area contributed by atoms with Crippen molar-refractivity contribution in [1.29, 1.82) is 0 Å². The molecule has 2 saturated heterocycles. The number of pyridine rings is 2. The Morgan fingerprint density at radius 1 is 1.09 bits per heavy atom. The van der Waals surface area contributed by atoms with Crippen molar-refractivity contribution in [3.8, 4) is 5.75 Å². The SMILES string of the molecule is CN(C[C@]1(O)CCN(c2ccnc3cccnc23)C1)C(=O)c1ccc(OCCN2CCCC2)cc1. The molecule has 0 saturated carbocycles. The minimum atomic E-state index is -0.993. The number of carbonyl (C=O) groups is 1. The lowest BCUT2D eigenvalue weighted by atomic mass is 10.0. The smallest absolute Gasteiger partial charge is 0.253 e. The van der Waals surface area contributed by atoms with Gasteiger partial charge in [-0.05, 0) is 74.8 Å². The summed E-state index contributed by atoms with van der Waals surface area (Å²) in [6, 6.07) is 13.0. The number of aromatic nitrogens is 2. The Balaban J connectivity index is 1.17. The van der Waals surface area contributed by atoms with Crippen LogP contribution in [0, 0.1) is 0 Å². The van der Waals surface area contributed by atoms with Gasteiger partial charge in [-0.1, -0.05) is 0 Å². The summed E-state index contributed by atoms with van der Waals surface area (Å²) >= 11 is 0. The highest BCUT2D eigenvalue weighted by atomic mass is 16.5. The Morgan fingerprint density at radius 2 is 1.89 bits per heavy atom. The first kappa shape index (κ1) is 23.5. The fraction of sp³-hybridized carbons (Fsp3) is 0.444. The van der Waals surface area contributed by atoms with E-state index in [-0.39, 0.29) is 12.5 Å². The number of likely N-dealkylation sites (N-methyl/N-ethyl adjacent to an activating group) is 1. The van der Waals surface area contributed by atoms with Gasteiger partial charge < -0.3 is 19.6 Å². The Hall–Kier alpha value is -3.23. The van der Waals surface area contributed by atoms with E-state index in [9.17, 15) is 9.90 Å². The Labute approximate surface area is 206 Å². The predicted octanol–water partition coefficient (Wildman–Crippen LogP) is 2.82. The zero-order chi connectivity index (χ0) is 24.3. The molecule has 0 radical (unpaired) electrons. The summed E-state index contributed by atoms with van der Waals surface area (Å²) in [5.41, 5.74) is 2.21. The van der Waals surface area contributed by atoms with Gasteiger partial charge in [0.2, 0.25) is 0 Å². The van der Waals surface area contributed by atoms with Crippen LogP contribution in [0.25, 0.3) is 11.0 Å². The first-order valence-electron chi connectivity index (χ1n) is 12.4. The van der Waals surface area contributed by atoms with E-state index in [1.165, 1.54) is 12.8 Å². The molecule has 2 aromatic heterocycles. The molecule has 1 aromatic carbocycles. The van der Waals surface area contributed by atoms with Gasteiger partial charge >= 0.3 is 0 Å². The zero-order valence-electron chi connectivity index (χ0n) is 20.3. The van der Waals surface area contributed by atoms with Crippen LogP contribution in [-0.2, 0) is 0 Å². The van der Waals surface area contributed by atoms with Crippen LogP contribution in [0.4, 0.5) is 5.69 Å². The van der Waals surface area contributed by atoms with Gasteiger partial charge in [0.15, 0.2) is 0 Å². The Morgan fingerprint density at radius 3 is 2.69 bits per heavy atom. The van der Waals surface area contributed by atoms with E-state index < -0.39 is 5.60 Å². The number of β-amino-alcohol motifs (C(OH)–C–C–N with tert-alkyl or cyclic N) is 1. The van der Waals surface area contributed by atoms with Crippen LogP contribution in [0.15, 0.2) is 54.9 Å². The van der Waals surface area contributed by atoms with Gasteiger partial charge in [-0.2, -0.15) is 0 Å². The van der Waals surface area contributed by atoms with Crippen LogP contribution in [0.3, 0.4) is 0 Å². The first-order chi connectivity index (χ1) is 17.0. The third-order valence-corrected chi connectivity index (χ3v) is 7.00. The van der Waals surface area contributed by atoms with Gasteiger partial charge in [0.1, 0.15) is 23.5 Å². The van der Waals surface area contributed by atoms with Crippen LogP contribution in [-0.4, -0.2) is 89.3 Å². The summed E-state index contributed by atoms with van der Waals surface area (Å²) in [6.07, 6.45) is 6.65. The molecular weight excluding hydrogens is 442 g/mol. The standard InChI is InChI=1S/C27H33N5O3/c1-30(26(33)21-6-8-22(9-7-21)35-18-17-31-14-2-3-15-31)19-27(34)11-16-32(20-27)24-10-13-28-23-5-4-12-29-25(23)24/h4-10,12-13,34H,2-3,11,14-20H2,1H3/t27-/m1/s1. The number of hydrogen-bond acceptors (Lipinski definition) is 7. The highest BCUT2D eigenvalue weighted by molar-refractivity contribution is 5.94. The lowest BCUT2D eigenvalue weighted by molar-refractivity contribution is 0.0264. The largest absolute Gasteiger partial charge is 0.492 e. The molecule has 0 bridgehead atoms. The van der Waals surface area contributed by atoms with Crippen molar-refractivity contribution >= 4 is 22.6 Å².